The van der Waals surface area contributed by atoms with Crippen molar-refractivity contribution in [1.29, 1.82) is 0 Å². The molecule has 0 saturated heterocycles. The van der Waals surface area contributed by atoms with Crippen molar-refractivity contribution in [3.05, 3.63) is 70.7 Å². The number of benzene rings is 2. The number of para-hydroxylation sites is 1. The number of aromatic nitrogens is 1. The van der Waals surface area contributed by atoms with Crippen LogP contribution in [0.25, 0.3) is 0 Å². The Labute approximate surface area is 172 Å². The van der Waals surface area contributed by atoms with Gasteiger partial charge in [-0.2, -0.15) is 0 Å². The number of amides is 1. The number of hydrogen-bond donors (Lipinski definition) is 2. The van der Waals surface area contributed by atoms with Gasteiger partial charge in [0.25, 0.3) is 5.91 Å². The fraction of sp³-hybridized carbons (Fsp3) is 0.190. The van der Waals surface area contributed by atoms with Gasteiger partial charge in [0.1, 0.15) is 18.9 Å². The number of rotatable bonds is 8. The molecule has 3 aromatic rings. The van der Waals surface area contributed by atoms with E-state index in [1.165, 1.54) is 24.0 Å². The molecular weight excluding hydrogens is 390 g/mol. The molecule has 0 spiro atoms. The molecule has 0 saturated carbocycles. The Kier molecular flexibility index (Phi) is 6.80. The summed E-state index contributed by atoms with van der Waals surface area (Å²) < 4.78 is 10.3. The first kappa shape index (κ1) is 20.3. The molecule has 150 valence electrons. The third kappa shape index (κ3) is 5.79. The lowest BCUT2D eigenvalue weighted by molar-refractivity contribution is -0.143. The van der Waals surface area contributed by atoms with E-state index in [1.54, 1.807) is 24.3 Å². The zero-order valence-electron chi connectivity index (χ0n) is 16.1. The van der Waals surface area contributed by atoms with E-state index in [0.717, 1.165) is 5.69 Å². The van der Waals surface area contributed by atoms with Crippen LogP contribution in [0, 0.1) is 6.92 Å². The zero-order valence-corrected chi connectivity index (χ0v) is 16.9. The Balaban J connectivity index is 1.45. The van der Waals surface area contributed by atoms with E-state index in [0.29, 0.717) is 22.1 Å². The summed E-state index contributed by atoms with van der Waals surface area (Å²) in [6.07, 6.45) is 0. The fourth-order valence-electron chi connectivity index (χ4n) is 2.48. The van der Waals surface area contributed by atoms with Crippen LogP contribution in [0.2, 0.25) is 0 Å². The minimum Gasteiger partial charge on any atom is -0.496 e. The molecule has 0 unspecified atom stereocenters. The van der Waals surface area contributed by atoms with Crippen molar-refractivity contribution in [3.63, 3.8) is 0 Å². The smallest absolute Gasteiger partial charge is 0.325 e. The molecule has 2 aromatic carbocycles. The highest BCUT2D eigenvalue weighted by molar-refractivity contribution is 7.13. The predicted octanol–water partition coefficient (Wildman–Crippen LogP) is 3.68. The SMILES string of the molecule is COc1ccccc1C(=O)NCC(=O)OCc1csc(Nc2ccc(C)cc2)n1. The minimum atomic E-state index is -0.547. The summed E-state index contributed by atoms with van der Waals surface area (Å²) in [4.78, 5) is 28.5. The predicted molar refractivity (Wildman–Crippen MR) is 112 cm³/mol. The molecule has 29 heavy (non-hydrogen) atoms. The summed E-state index contributed by atoms with van der Waals surface area (Å²) >= 11 is 1.42. The zero-order chi connectivity index (χ0) is 20.6. The number of nitrogens with zero attached hydrogens (tertiary/aromatic N) is 1. The Bertz CT molecular complexity index is 986. The molecule has 0 radical (unpaired) electrons. The van der Waals surface area contributed by atoms with Gasteiger partial charge >= 0.3 is 5.97 Å². The van der Waals surface area contributed by atoms with E-state index in [2.05, 4.69) is 15.6 Å². The Morgan fingerprint density at radius 3 is 2.62 bits per heavy atom. The molecule has 2 N–H and O–H groups in total. The van der Waals surface area contributed by atoms with E-state index < -0.39 is 11.9 Å². The van der Waals surface area contributed by atoms with Crippen molar-refractivity contribution in [1.82, 2.24) is 10.3 Å². The van der Waals surface area contributed by atoms with E-state index >= 15 is 0 Å². The molecule has 0 fully saturated rings. The first-order valence-corrected chi connectivity index (χ1v) is 9.78. The molecule has 7 nitrogen and oxygen atoms in total. The topological polar surface area (TPSA) is 89.5 Å². The highest BCUT2D eigenvalue weighted by Crippen LogP contribution is 2.21. The quantitative estimate of drug-likeness (QED) is 0.550. The number of aryl methyl sites for hydroxylation is 1. The maximum absolute atomic E-state index is 12.2. The Morgan fingerprint density at radius 1 is 1.10 bits per heavy atom. The monoisotopic (exact) mass is 411 g/mol. The normalized spacial score (nSPS) is 10.3. The molecule has 0 aliphatic carbocycles. The van der Waals surface area contributed by atoms with Crippen LogP contribution in [0.15, 0.2) is 53.9 Å². The standard InChI is InChI=1S/C21H21N3O4S/c1-14-7-9-15(10-8-14)23-21-24-16(13-29-21)12-28-19(25)11-22-20(26)17-5-3-4-6-18(17)27-2/h3-10,13H,11-12H2,1-2H3,(H,22,26)(H,23,24). The maximum atomic E-state index is 12.2. The maximum Gasteiger partial charge on any atom is 0.325 e. The van der Waals surface area contributed by atoms with E-state index in [-0.39, 0.29) is 13.2 Å². The minimum absolute atomic E-state index is 0.0371. The van der Waals surface area contributed by atoms with E-state index in [4.69, 9.17) is 9.47 Å². The number of methoxy groups -OCH3 is 1. The third-order valence-corrected chi connectivity index (χ3v) is 4.79. The van der Waals surface area contributed by atoms with Gasteiger partial charge in [0.15, 0.2) is 5.13 Å². The Morgan fingerprint density at radius 2 is 1.86 bits per heavy atom. The number of thiazole rings is 1. The fourth-order valence-corrected chi connectivity index (χ4v) is 3.19. The van der Waals surface area contributed by atoms with Crippen molar-refractivity contribution in [2.24, 2.45) is 0 Å². The van der Waals surface area contributed by atoms with Crippen LogP contribution in [-0.4, -0.2) is 30.5 Å². The van der Waals surface area contributed by atoms with Gasteiger partial charge in [-0.05, 0) is 31.2 Å². The van der Waals surface area contributed by atoms with Gasteiger partial charge < -0.3 is 20.1 Å². The second kappa shape index (κ2) is 9.70. The molecular formula is C21H21N3O4S. The van der Waals surface area contributed by atoms with Crippen LogP contribution in [0.4, 0.5) is 10.8 Å². The summed E-state index contributed by atoms with van der Waals surface area (Å²) in [5, 5.41) is 8.26. The molecule has 1 heterocycles. The van der Waals surface area contributed by atoms with Crippen LogP contribution < -0.4 is 15.4 Å². The van der Waals surface area contributed by atoms with Gasteiger partial charge in [-0.1, -0.05) is 29.8 Å². The number of ether oxygens (including phenoxy) is 2. The number of carbonyl (C=O) groups is 2. The molecule has 1 amide bonds. The first-order valence-electron chi connectivity index (χ1n) is 8.90. The summed E-state index contributed by atoms with van der Waals surface area (Å²) in [5.74, 6) is -0.513. The number of nitrogens with one attached hydrogen (secondary N) is 2. The van der Waals surface area contributed by atoms with Crippen molar-refractivity contribution < 1.29 is 19.1 Å². The average molecular weight is 411 g/mol. The van der Waals surface area contributed by atoms with Gasteiger partial charge in [0.2, 0.25) is 0 Å². The second-order valence-electron chi connectivity index (χ2n) is 6.18. The van der Waals surface area contributed by atoms with Gasteiger partial charge in [0, 0.05) is 11.1 Å². The molecule has 0 atom stereocenters. The largest absolute Gasteiger partial charge is 0.496 e. The lowest BCUT2D eigenvalue weighted by Gasteiger charge is -2.08. The van der Waals surface area contributed by atoms with Crippen molar-refractivity contribution in [2.45, 2.75) is 13.5 Å². The van der Waals surface area contributed by atoms with Crippen molar-refractivity contribution in [3.8, 4) is 5.75 Å². The molecule has 3 rings (SSSR count). The van der Waals surface area contributed by atoms with Crippen molar-refractivity contribution in [2.75, 3.05) is 19.0 Å². The van der Waals surface area contributed by atoms with Crippen LogP contribution >= 0.6 is 11.3 Å². The van der Waals surface area contributed by atoms with Gasteiger partial charge in [-0.15, -0.1) is 11.3 Å². The lowest BCUT2D eigenvalue weighted by atomic mass is 10.2. The number of carbonyl (C=O) groups excluding carboxylic acids is 2. The number of anilines is 2. The van der Waals surface area contributed by atoms with Gasteiger partial charge in [0.05, 0.1) is 18.4 Å². The number of hydrogen-bond acceptors (Lipinski definition) is 7. The summed E-state index contributed by atoms with van der Waals surface area (Å²) in [7, 11) is 1.48. The summed E-state index contributed by atoms with van der Waals surface area (Å²) in [6.45, 7) is 1.82. The Hall–Kier alpha value is -3.39. The third-order valence-electron chi connectivity index (χ3n) is 3.98. The molecule has 0 aliphatic heterocycles. The lowest BCUT2D eigenvalue weighted by Crippen LogP contribution is -2.30. The van der Waals surface area contributed by atoms with Crippen LogP contribution in [0.5, 0.6) is 5.75 Å². The van der Waals surface area contributed by atoms with Crippen LogP contribution in [-0.2, 0) is 16.1 Å². The highest BCUT2D eigenvalue weighted by Gasteiger charge is 2.13. The molecule has 0 aliphatic rings. The summed E-state index contributed by atoms with van der Waals surface area (Å²) in [5.41, 5.74) is 3.11. The van der Waals surface area contributed by atoms with Gasteiger partial charge in [-0.25, -0.2) is 4.98 Å². The van der Waals surface area contributed by atoms with E-state index in [1.807, 2.05) is 36.6 Å². The molecule has 0 bridgehead atoms. The average Bonchev–Trinajstić information content (AvgIpc) is 3.19. The second-order valence-corrected chi connectivity index (χ2v) is 7.04. The highest BCUT2D eigenvalue weighted by atomic mass is 32.1. The van der Waals surface area contributed by atoms with Crippen LogP contribution in [0.1, 0.15) is 21.6 Å². The van der Waals surface area contributed by atoms with Gasteiger partial charge in [-0.3, -0.25) is 9.59 Å². The molecule has 8 heteroatoms. The van der Waals surface area contributed by atoms with E-state index in [9.17, 15) is 9.59 Å². The summed E-state index contributed by atoms with van der Waals surface area (Å²) in [6, 6.07) is 14.8. The number of esters is 1. The first-order chi connectivity index (χ1) is 14.0. The van der Waals surface area contributed by atoms with Crippen molar-refractivity contribution >= 4 is 34.0 Å². The molecule has 1 aromatic heterocycles. The van der Waals surface area contributed by atoms with Crippen LogP contribution in [0.3, 0.4) is 0 Å².